The van der Waals surface area contributed by atoms with Gasteiger partial charge in [0.2, 0.25) is 0 Å². The van der Waals surface area contributed by atoms with Crippen molar-refractivity contribution in [2.75, 3.05) is 26.7 Å². The molecule has 0 amide bonds. The van der Waals surface area contributed by atoms with E-state index in [0.717, 1.165) is 0 Å². The molecule has 1 heterocycles. The molecular weight excluding hydrogens is 201 g/mol. The molecule has 15 heavy (non-hydrogen) atoms. The minimum atomic E-state index is -1.65. The van der Waals surface area contributed by atoms with Gasteiger partial charge >= 0.3 is 5.97 Å². The molecule has 0 aromatic carbocycles. The Kier molecular flexibility index (Phi) is 4.20. The minimum absolute atomic E-state index is 0.220. The van der Waals surface area contributed by atoms with Gasteiger partial charge in [-0.2, -0.15) is 0 Å². The van der Waals surface area contributed by atoms with Crippen LogP contribution in [0.4, 0.5) is 4.39 Å². The Morgan fingerprint density at radius 3 is 2.60 bits per heavy atom. The van der Waals surface area contributed by atoms with E-state index in [2.05, 4.69) is 4.74 Å². The average molecular weight is 217 g/mol. The van der Waals surface area contributed by atoms with Crippen molar-refractivity contribution in [3.05, 3.63) is 0 Å². The third-order valence-electron chi connectivity index (χ3n) is 2.76. The molecule has 0 bridgehead atoms. The normalized spacial score (nSPS) is 20.9. The quantitative estimate of drug-likeness (QED) is 0.509. The molecule has 5 heteroatoms. The molecule has 0 N–H and O–H groups in total. The Morgan fingerprint density at radius 1 is 1.53 bits per heavy atom. The summed E-state index contributed by atoms with van der Waals surface area (Å²) in [5.41, 5.74) is -1.65. The van der Waals surface area contributed by atoms with Crippen LogP contribution in [0, 0.1) is 0 Å². The number of aldehydes is 1. The van der Waals surface area contributed by atoms with Crippen LogP contribution in [0.1, 0.15) is 19.3 Å². The maximum absolute atomic E-state index is 13.5. The molecule has 0 aromatic heterocycles. The molecule has 1 aliphatic heterocycles. The molecule has 0 spiro atoms. The Hall–Kier alpha value is -0.970. The van der Waals surface area contributed by atoms with Crippen molar-refractivity contribution in [2.24, 2.45) is 0 Å². The van der Waals surface area contributed by atoms with Crippen molar-refractivity contribution in [3.63, 3.8) is 0 Å². The summed E-state index contributed by atoms with van der Waals surface area (Å²) in [6.07, 6.45) is 1.15. The van der Waals surface area contributed by atoms with Crippen molar-refractivity contribution in [2.45, 2.75) is 24.9 Å². The maximum atomic E-state index is 13.5. The molecule has 0 radical (unpaired) electrons. The van der Waals surface area contributed by atoms with Gasteiger partial charge in [0.15, 0.2) is 12.0 Å². The molecule has 0 saturated carbocycles. The lowest BCUT2D eigenvalue weighted by Crippen LogP contribution is -2.43. The fourth-order valence-corrected chi connectivity index (χ4v) is 1.62. The lowest BCUT2D eigenvalue weighted by molar-refractivity contribution is -0.141. The first-order valence-electron chi connectivity index (χ1n) is 5.04. The summed E-state index contributed by atoms with van der Waals surface area (Å²) in [5, 5.41) is 0. The number of piperidine rings is 1. The molecule has 1 saturated heterocycles. The topological polar surface area (TPSA) is 46.6 Å². The van der Waals surface area contributed by atoms with Gasteiger partial charge in [0.05, 0.1) is 13.5 Å². The van der Waals surface area contributed by atoms with Gasteiger partial charge in [-0.15, -0.1) is 0 Å². The van der Waals surface area contributed by atoms with Gasteiger partial charge < -0.3 is 9.64 Å². The number of halogens is 1. The second-order valence-electron chi connectivity index (χ2n) is 3.82. The van der Waals surface area contributed by atoms with E-state index in [1.54, 1.807) is 0 Å². The van der Waals surface area contributed by atoms with E-state index < -0.39 is 5.67 Å². The molecule has 1 rings (SSSR count). The zero-order chi connectivity index (χ0) is 11.3. The zero-order valence-corrected chi connectivity index (χ0v) is 8.87. The predicted molar refractivity (Wildman–Crippen MR) is 52.2 cm³/mol. The number of carbonyl (C=O) groups is 2. The van der Waals surface area contributed by atoms with Crippen molar-refractivity contribution < 1.29 is 18.7 Å². The van der Waals surface area contributed by atoms with E-state index in [1.165, 1.54) is 7.11 Å². The van der Waals surface area contributed by atoms with Crippen LogP contribution in [0.25, 0.3) is 0 Å². The monoisotopic (exact) mass is 217 g/mol. The molecule has 0 aromatic rings. The molecule has 1 aliphatic rings. The Labute approximate surface area is 88.4 Å². The zero-order valence-electron chi connectivity index (χ0n) is 8.87. The summed E-state index contributed by atoms with van der Waals surface area (Å²) in [6.45, 7) is 1.61. The van der Waals surface area contributed by atoms with Crippen LogP contribution in [0.2, 0.25) is 0 Å². The van der Waals surface area contributed by atoms with E-state index in [0.29, 0.717) is 32.3 Å². The maximum Gasteiger partial charge on any atom is 0.306 e. The van der Waals surface area contributed by atoms with Crippen molar-refractivity contribution >= 4 is 12.3 Å². The summed E-state index contributed by atoms with van der Waals surface area (Å²) in [6, 6.07) is 0. The highest BCUT2D eigenvalue weighted by molar-refractivity contribution is 5.69. The number of carbonyl (C=O) groups excluding carboxylic acids is 2. The summed E-state index contributed by atoms with van der Waals surface area (Å²) in [7, 11) is 1.34. The van der Waals surface area contributed by atoms with Gasteiger partial charge in [-0.3, -0.25) is 9.59 Å². The number of methoxy groups -OCH3 is 1. The second kappa shape index (κ2) is 5.21. The van der Waals surface area contributed by atoms with Crippen LogP contribution in [-0.2, 0) is 14.3 Å². The van der Waals surface area contributed by atoms with Crippen molar-refractivity contribution in [3.8, 4) is 0 Å². The Balaban J connectivity index is 2.26. The van der Waals surface area contributed by atoms with Gasteiger partial charge in [-0.1, -0.05) is 0 Å². The SMILES string of the molecule is COC(=O)CCN1CCC(F)(C=O)CC1. The number of nitrogens with zero attached hydrogens (tertiary/aromatic N) is 1. The molecule has 4 nitrogen and oxygen atoms in total. The number of rotatable bonds is 4. The molecule has 0 aliphatic carbocycles. The van der Waals surface area contributed by atoms with Crippen LogP contribution in [-0.4, -0.2) is 49.6 Å². The van der Waals surface area contributed by atoms with E-state index in [-0.39, 0.29) is 18.8 Å². The van der Waals surface area contributed by atoms with Crippen LogP contribution >= 0.6 is 0 Å². The fraction of sp³-hybridized carbons (Fsp3) is 0.800. The third-order valence-corrected chi connectivity index (χ3v) is 2.76. The van der Waals surface area contributed by atoms with Crippen LogP contribution in [0.5, 0.6) is 0 Å². The third kappa shape index (κ3) is 3.58. The number of ether oxygens (including phenoxy) is 1. The number of esters is 1. The highest BCUT2D eigenvalue weighted by Gasteiger charge is 2.33. The van der Waals surface area contributed by atoms with E-state index >= 15 is 0 Å². The lowest BCUT2D eigenvalue weighted by atomic mass is 9.95. The highest BCUT2D eigenvalue weighted by atomic mass is 19.1. The van der Waals surface area contributed by atoms with Gasteiger partial charge in [-0.05, 0) is 0 Å². The Bertz CT molecular complexity index is 237. The molecule has 86 valence electrons. The van der Waals surface area contributed by atoms with E-state index in [1.807, 2.05) is 4.90 Å². The largest absolute Gasteiger partial charge is 0.469 e. The number of likely N-dealkylation sites (tertiary alicyclic amines) is 1. The van der Waals surface area contributed by atoms with Gasteiger partial charge in [0.25, 0.3) is 0 Å². The lowest BCUT2D eigenvalue weighted by Gasteiger charge is -2.32. The number of hydrogen-bond acceptors (Lipinski definition) is 4. The minimum Gasteiger partial charge on any atom is -0.469 e. The highest BCUT2D eigenvalue weighted by Crippen LogP contribution is 2.24. The van der Waals surface area contributed by atoms with E-state index in [9.17, 15) is 14.0 Å². The van der Waals surface area contributed by atoms with Crippen molar-refractivity contribution in [1.29, 1.82) is 0 Å². The first kappa shape index (κ1) is 12.1. The van der Waals surface area contributed by atoms with Crippen LogP contribution < -0.4 is 0 Å². The molecular formula is C10H16FNO3. The number of hydrogen-bond donors (Lipinski definition) is 0. The van der Waals surface area contributed by atoms with Crippen LogP contribution in [0.3, 0.4) is 0 Å². The van der Waals surface area contributed by atoms with Gasteiger partial charge in [0.1, 0.15) is 0 Å². The summed E-state index contributed by atoms with van der Waals surface area (Å²) < 4.78 is 18.0. The first-order valence-corrected chi connectivity index (χ1v) is 5.04. The average Bonchev–Trinajstić information content (AvgIpc) is 2.28. The number of alkyl halides is 1. The van der Waals surface area contributed by atoms with E-state index in [4.69, 9.17) is 0 Å². The summed E-state index contributed by atoms with van der Waals surface area (Å²) in [5.74, 6) is -0.262. The molecule has 0 unspecified atom stereocenters. The standard InChI is InChI=1S/C10H16FNO3/c1-15-9(14)2-5-12-6-3-10(11,8-13)4-7-12/h8H,2-7H2,1H3. The van der Waals surface area contributed by atoms with Crippen molar-refractivity contribution in [1.82, 2.24) is 4.90 Å². The summed E-state index contributed by atoms with van der Waals surface area (Å²) >= 11 is 0. The molecule has 0 atom stereocenters. The summed E-state index contributed by atoms with van der Waals surface area (Å²) in [4.78, 5) is 23.3. The second-order valence-corrected chi connectivity index (χ2v) is 3.82. The Morgan fingerprint density at radius 2 is 2.13 bits per heavy atom. The predicted octanol–water partition coefficient (Wildman–Crippen LogP) is 0.552. The van der Waals surface area contributed by atoms with Crippen LogP contribution in [0.15, 0.2) is 0 Å². The van der Waals surface area contributed by atoms with Gasteiger partial charge in [-0.25, -0.2) is 4.39 Å². The fourth-order valence-electron chi connectivity index (χ4n) is 1.62. The smallest absolute Gasteiger partial charge is 0.306 e. The molecule has 1 fully saturated rings. The first-order chi connectivity index (χ1) is 7.09. The van der Waals surface area contributed by atoms with Gasteiger partial charge in [0, 0.05) is 32.5 Å².